The fourth-order valence-electron chi connectivity index (χ4n) is 3.83. The van der Waals surface area contributed by atoms with Crippen molar-refractivity contribution >= 4 is 33.2 Å². The fraction of sp³-hybridized carbons (Fsp3) is 0.474. The predicted molar refractivity (Wildman–Crippen MR) is 97.4 cm³/mol. The van der Waals surface area contributed by atoms with Gasteiger partial charge in [0, 0.05) is 6.04 Å². The summed E-state index contributed by atoms with van der Waals surface area (Å²) in [5.41, 5.74) is 4.96. The molecule has 2 bridgehead atoms. The zero-order valence-corrected chi connectivity index (χ0v) is 15.2. The van der Waals surface area contributed by atoms with Crippen molar-refractivity contribution in [2.24, 2.45) is 0 Å². The van der Waals surface area contributed by atoms with Gasteiger partial charge in [-0.05, 0) is 62.8 Å². The Kier molecular flexibility index (Phi) is 3.83. The van der Waals surface area contributed by atoms with Gasteiger partial charge in [-0.15, -0.1) is 11.3 Å². The Labute approximate surface area is 146 Å². The van der Waals surface area contributed by atoms with E-state index >= 15 is 0 Å². The minimum absolute atomic E-state index is 0.160. The van der Waals surface area contributed by atoms with Crippen molar-refractivity contribution in [2.45, 2.75) is 52.1 Å². The molecule has 1 aromatic heterocycles. The lowest BCUT2D eigenvalue weighted by atomic mass is 10.0. The first kappa shape index (κ1) is 15.6. The van der Waals surface area contributed by atoms with Crippen molar-refractivity contribution in [3.8, 4) is 0 Å². The van der Waals surface area contributed by atoms with E-state index in [1.54, 1.807) is 11.3 Å². The van der Waals surface area contributed by atoms with Crippen molar-refractivity contribution in [1.82, 2.24) is 9.88 Å². The second-order valence-corrected chi connectivity index (χ2v) is 7.70. The molecule has 0 aliphatic carbocycles. The fourth-order valence-corrected chi connectivity index (χ4v) is 4.89. The van der Waals surface area contributed by atoms with E-state index < -0.39 is 0 Å². The summed E-state index contributed by atoms with van der Waals surface area (Å²) in [4.78, 5) is 19.0. The highest BCUT2D eigenvalue weighted by atomic mass is 32.1. The average molecular weight is 342 g/mol. The van der Waals surface area contributed by atoms with Crippen LogP contribution in [0, 0.1) is 13.8 Å². The lowest BCUT2D eigenvalue weighted by molar-refractivity contribution is 0.0933. The monoisotopic (exact) mass is 342 g/mol. The molecule has 1 saturated heterocycles. The third kappa shape index (κ3) is 2.42. The molecule has 0 radical (unpaired) electrons. The van der Waals surface area contributed by atoms with Crippen LogP contribution in [0.1, 0.15) is 42.3 Å². The van der Waals surface area contributed by atoms with Crippen molar-refractivity contribution < 1.29 is 9.53 Å². The van der Waals surface area contributed by atoms with Crippen molar-refractivity contribution in [2.75, 3.05) is 6.61 Å². The Morgan fingerprint density at radius 2 is 2.21 bits per heavy atom. The molecule has 1 fully saturated rings. The maximum Gasteiger partial charge on any atom is 0.410 e. The molecule has 0 saturated carbocycles. The van der Waals surface area contributed by atoms with Gasteiger partial charge < -0.3 is 4.74 Å². The number of fused-ring (bicyclic) bond motifs is 3. The van der Waals surface area contributed by atoms with Crippen LogP contribution in [-0.4, -0.2) is 34.7 Å². The van der Waals surface area contributed by atoms with E-state index in [-0.39, 0.29) is 18.2 Å². The number of hydrogen-bond donors (Lipinski definition) is 0. The number of ether oxygens (including phenoxy) is 1. The average Bonchev–Trinajstić information content (AvgIpc) is 3.11. The Balaban J connectivity index is 1.68. The van der Waals surface area contributed by atoms with Crippen molar-refractivity contribution in [1.29, 1.82) is 0 Å². The SMILES string of the molecule is CCOC(=O)N1C2C=C(c3nc4c(C)c(C)ccc4s3)CC1CC2. The highest BCUT2D eigenvalue weighted by molar-refractivity contribution is 7.19. The Morgan fingerprint density at radius 3 is 2.96 bits per heavy atom. The topological polar surface area (TPSA) is 42.4 Å². The number of rotatable bonds is 2. The quantitative estimate of drug-likeness (QED) is 0.795. The minimum atomic E-state index is -0.170. The van der Waals surface area contributed by atoms with Gasteiger partial charge in [-0.25, -0.2) is 9.78 Å². The van der Waals surface area contributed by atoms with Crippen molar-refractivity contribution in [3.05, 3.63) is 34.3 Å². The van der Waals surface area contributed by atoms with Gasteiger partial charge in [0.15, 0.2) is 0 Å². The smallest absolute Gasteiger partial charge is 0.410 e. The lowest BCUT2D eigenvalue weighted by Gasteiger charge is -2.32. The summed E-state index contributed by atoms with van der Waals surface area (Å²) >= 11 is 1.76. The van der Waals surface area contributed by atoms with Gasteiger partial charge in [-0.1, -0.05) is 12.1 Å². The van der Waals surface area contributed by atoms with E-state index in [9.17, 15) is 4.79 Å². The first-order valence-electron chi connectivity index (χ1n) is 8.61. The minimum Gasteiger partial charge on any atom is -0.450 e. The van der Waals surface area contributed by atoms with Crippen LogP contribution in [-0.2, 0) is 4.74 Å². The largest absolute Gasteiger partial charge is 0.450 e. The van der Waals surface area contributed by atoms with Crippen LogP contribution in [0.3, 0.4) is 0 Å². The van der Waals surface area contributed by atoms with Crippen molar-refractivity contribution in [3.63, 3.8) is 0 Å². The van der Waals surface area contributed by atoms with Crippen LogP contribution in [0.15, 0.2) is 18.2 Å². The van der Waals surface area contributed by atoms with E-state index in [1.807, 2.05) is 11.8 Å². The molecule has 5 heteroatoms. The first-order valence-corrected chi connectivity index (χ1v) is 9.43. The van der Waals surface area contributed by atoms with Gasteiger partial charge in [0.05, 0.1) is 22.9 Å². The second-order valence-electron chi connectivity index (χ2n) is 6.67. The lowest BCUT2D eigenvalue weighted by Crippen LogP contribution is -2.43. The zero-order valence-electron chi connectivity index (χ0n) is 14.3. The number of amides is 1. The molecule has 3 heterocycles. The molecule has 2 unspecified atom stereocenters. The van der Waals surface area contributed by atoms with Crippen LogP contribution < -0.4 is 0 Å². The Bertz CT molecular complexity index is 839. The molecule has 24 heavy (non-hydrogen) atoms. The summed E-state index contributed by atoms with van der Waals surface area (Å²) in [6.07, 6.45) is 5.02. The zero-order chi connectivity index (χ0) is 16.8. The number of carbonyl (C=O) groups excluding carboxylic acids is 1. The van der Waals surface area contributed by atoms with E-state index in [0.29, 0.717) is 6.61 Å². The molecule has 2 aliphatic rings. The molecular formula is C19H22N2O2S. The predicted octanol–water partition coefficient (Wildman–Crippen LogP) is 4.69. The maximum atomic E-state index is 12.2. The van der Waals surface area contributed by atoms with E-state index in [1.165, 1.54) is 21.4 Å². The summed E-state index contributed by atoms with van der Waals surface area (Å²) < 4.78 is 6.47. The summed E-state index contributed by atoms with van der Waals surface area (Å²) in [6.45, 7) is 6.56. The van der Waals surface area contributed by atoms with Gasteiger partial charge in [-0.2, -0.15) is 0 Å². The molecule has 2 atom stereocenters. The highest BCUT2D eigenvalue weighted by Crippen LogP contribution is 2.41. The van der Waals surface area contributed by atoms with Crippen LogP contribution in [0.4, 0.5) is 4.79 Å². The van der Waals surface area contributed by atoms with E-state index in [2.05, 4.69) is 32.1 Å². The maximum absolute atomic E-state index is 12.2. The summed E-state index contributed by atoms with van der Waals surface area (Å²) in [5.74, 6) is 0. The number of benzene rings is 1. The Hall–Kier alpha value is -1.88. The van der Waals surface area contributed by atoms with E-state index in [0.717, 1.165) is 29.8 Å². The normalized spacial score (nSPS) is 22.8. The number of aryl methyl sites for hydroxylation is 2. The van der Waals surface area contributed by atoms with Gasteiger partial charge in [0.25, 0.3) is 0 Å². The first-order chi connectivity index (χ1) is 11.6. The summed E-state index contributed by atoms with van der Waals surface area (Å²) in [5, 5.41) is 1.11. The second kappa shape index (κ2) is 5.88. The number of aromatic nitrogens is 1. The van der Waals surface area contributed by atoms with Gasteiger partial charge in [0.1, 0.15) is 5.01 Å². The number of hydrogen-bond acceptors (Lipinski definition) is 4. The van der Waals surface area contributed by atoms with Crippen LogP contribution in [0.25, 0.3) is 15.8 Å². The third-order valence-corrected chi connectivity index (χ3v) is 6.33. The number of thiazole rings is 1. The number of carbonyl (C=O) groups is 1. The van der Waals surface area contributed by atoms with Gasteiger partial charge >= 0.3 is 6.09 Å². The van der Waals surface area contributed by atoms with Crippen LogP contribution >= 0.6 is 11.3 Å². The summed E-state index contributed by atoms with van der Waals surface area (Å²) in [6, 6.07) is 4.75. The number of nitrogens with zero attached hydrogens (tertiary/aromatic N) is 2. The van der Waals surface area contributed by atoms with Crippen LogP contribution in [0.2, 0.25) is 0 Å². The van der Waals surface area contributed by atoms with Crippen LogP contribution in [0.5, 0.6) is 0 Å². The van der Waals surface area contributed by atoms with E-state index in [4.69, 9.17) is 9.72 Å². The molecule has 2 aliphatic heterocycles. The molecule has 1 aromatic carbocycles. The molecule has 1 amide bonds. The van der Waals surface area contributed by atoms with Gasteiger partial charge in [-0.3, -0.25) is 4.90 Å². The molecule has 4 rings (SSSR count). The van der Waals surface area contributed by atoms with Gasteiger partial charge in [0.2, 0.25) is 0 Å². The molecule has 0 spiro atoms. The molecular weight excluding hydrogens is 320 g/mol. The Morgan fingerprint density at radius 1 is 1.38 bits per heavy atom. The third-order valence-electron chi connectivity index (χ3n) is 5.23. The highest BCUT2D eigenvalue weighted by Gasteiger charge is 2.41. The molecule has 4 nitrogen and oxygen atoms in total. The molecule has 2 aromatic rings. The summed E-state index contributed by atoms with van der Waals surface area (Å²) in [7, 11) is 0. The molecule has 126 valence electrons. The molecule has 0 N–H and O–H groups in total. The standard InChI is InChI=1S/C19H22N2O2S/c1-4-23-19(22)21-14-6-7-15(21)10-13(9-14)18-20-17-12(3)11(2)5-8-16(17)24-18/h5,8-9,14-15H,4,6-7,10H2,1-3H3.